The van der Waals surface area contributed by atoms with Gasteiger partial charge < -0.3 is 0 Å². The zero-order valence-corrected chi connectivity index (χ0v) is 16.7. The van der Waals surface area contributed by atoms with Crippen LogP contribution in [0.4, 0.5) is 4.39 Å². The molecule has 0 fully saturated rings. The first kappa shape index (κ1) is 19.5. The molecule has 3 aromatic carbocycles. The monoisotopic (exact) mass is 363 g/mol. The molecule has 1 radical (unpaired) electrons. The topological polar surface area (TPSA) is 0 Å². The Labute approximate surface area is 168 Å². The van der Waals surface area contributed by atoms with Crippen LogP contribution < -0.4 is 5.46 Å². The van der Waals surface area contributed by atoms with Gasteiger partial charge in [-0.15, -0.1) is 0 Å². The summed E-state index contributed by atoms with van der Waals surface area (Å²) < 4.78 is 14.5. The van der Waals surface area contributed by atoms with E-state index in [1.54, 1.807) is 6.07 Å². The molecule has 0 aromatic heterocycles. The van der Waals surface area contributed by atoms with E-state index in [4.69, 9.17) is 0 Å². The lowest BCUT2D eigenvalue weighted by Crippen LogP contribution is -2.15. The molecule has 0 nitrogen and oxygen atoms in total. The second-order valence-corrected chi connectivity index (χ2v) is 6.87. The van der Waals surface area contributed by atoms with E-state index in [1.807, 2.05) is 51.0 Å². The van der Waals surface area contributed by atoms with Gasteiger partial charge in [-0.25, -0.2) is 4.39 Å². The van der Waals surface area contributed by atoms with Gasteiger partial charge in [0.15, 0.2) is 0 Å². The minimum atomic E-state index is -0.351. The maximum atomic E-state index is 14.5. The fourth-order valence-electron chi connectivity index (χ4n) is 2.89. The van der Waals surface area contributed by atoms with Gasteiger partial charge >= 0.3 is 0 Å². The molecule has 2 heteroatoms. The third-order valence-electron chi connectivity index (χ3n) is 4.63. The molecule has 28 heavy (non-hydrogen) atoms. The molecule has 0 aliphatic heterocycles. The van der Waals surface area contributed by atoms with Crippen molar-refractivity contribution in [3.05, 3.63) is 99.4 Å². The van der Waals surface area contributed by atoms with Crippen LogP contribution in [0.15, 0.2) is 54.6 Å². The van der Waals surface area contributed by atoms with Crippen molar-refractivity contribution in [2.45, 2.75) is 27.6 Å². The summed E-state index contributed by atoms with van der Waals surface area (Å²) >= 11 is 0. The molecule has 0 atom stereocenters. The Morgan fingerprint density at radius 3 is 2.00 bits per heavy atom. The van der Waals surface area contributed by atoms with Crippen LogP contribution in [0.3, 0.4) is 0 Å². The molecule has 0 bridgehead atoms. The average Bonchev–Trinajstić information content (AvgIpc) is 2.69. The van der Waals surface area contributed by atoms with E-state index >= 15 is 0 Å². The van der Waals surface area contributed by atoms with Crippen LogP contribution in [-0.2, 0) is 0 Å². The quantitative estimate of drug-likeness (QED) is 0.425. The highest BCUT2D eigenvalue weighted by atomic mass is 19.1. The van der Waals surface area contributed by atoms with E-state index in [2.05, 4.69) is 50.0 Å². The van der Waals surface area contributed by atoms with Gasteiger partial charge in [0.25, 0.3) is 0 Å². The Hall–Kier alpha value is -3.23. The molecule has 0 unspecified atom stereocenters. The Balaban J connectivity index is 1.84. The Kier molecular flexibility index (Phi) is 6.03. The highest BCUT2D eigenvalue weighted by Crippen LogP contribution is 2.12. The van der Waals surface area contributed by atoms with E-state index in [0.717, 1.165) is 16.7 Å². The van der Waals surface area contributed by atoms with Gasteiger partial charge in [0.1, 0.15) is 13.1 Å². The fraction of sp³-hybridized carbons (Fsp3) is 0.154. The SMILES string of the molecule is C[B]c1cc(C)c(C#Cc2ccc(C#Cc3ccc(C)cc3)cc2F)cc1C. The normalized spacial score (nSPS) is 9.75. The summed E-state index contributed by atoms with van der Waals surface area (Å²) in [7, 11) is 2.08. The van der Waals surface area contributed by atoms with Crippen molar-refractivity contribution in [2.75, 3.05) is 0 Å². The molecule has 3 rings (SSSR count). The molecule has 0 N–H and O–H groups in total. The van der Waals surface area contributed by atoms with Crippen molar-refractivity contribution in [3.8, 4) is 23.7 Å². The predicted molar refractivity (Wildman–Crippen MR) is 117 cm³/mol. The first-order valence-electron chi connectivity index (χ1n) is 9.27. The third kappa shape index (κ3) is 4.73. The average molecular weight is 363 g/mol. The molecule has 135 valence electrons. The van der Waals surface area contributed by atoms with Crippen LogP contribution in [0.25, 0.3) is 0 Å². The fourth-order valence-corrected chi connectivity index (χ4v) is 2.89. The number of benzene rings is 3. The van der Waals surface area contributed by atoms with Crippen LogP contribution >= 0.6 is 0 Å². The molecular weight excluding hydrogens is 342 g/mol. The minimum absolute atomic E-state index is 0.351. The van der Waals surface area contributed by atoms with Crippen LogP contribution in [-0.4, -0.2) is 7.28 Å². The standard InChI is InChI=1S/C26H21BF/c1-18-5-7-21(8-6-18)9-10-22-11-12-23(26(28)17-22)13-14-24-15-20(3)25(27-4)16-19(24)2/h5-8,11-12,15-17H,1-4H3. The molecule has 0 heterocycles. The van der Waals surface area contributed by atoms with Crippen molar-refractivity contribution < 1.29 is 4.39 Å². The largest absolute Gasteiger partial charge is 0.206 e. The molecule has 0 spiro atoms. The summed E-state index contributed by atoms with van der Waals surface area (Å²) in [6, 6.07) is 17.1. The van der Waals surface area contributed by atoms with Gasteiger partial charge in [0.2, 0.25) is 0 Å². The van der Waals surface area contributed by atoms with E-state index in [0.29, 0.717) is 11.1 Å². The van der Waals surface area contributed by atoms with Gasteiger partial charge in [-0.2, -0.15) is 0 Å². The first-order chi connectivity index (χ1) is 13.5. The van der Waals surface area contributed by atoms with Crippen LogP contribution in [0.2, 0.25) is 6.82 Å². The summed E-state index contributed by atoms with van der Waals surface area (Å²) in [4.78, 5) is 0. The van der Waals surface area contributed by atoms with Crippen LogP contribution in [0, 0.1) is 50.3 Å². The molecule has 0 aliphatic rings. The number of aryl methyl sites for hydroxylation is 3. The maximum absolute atomic E-state index is 14.5. The highest BCUT2D eigenvalue weighted by Gasteiger charge is 2.03. The molecule has 0 saturated heterocycles. The van der Waals surface area contributed by atoms with E-state index < -0.39 is 0 Å². The lowest BCUT2D eigenvalue weighted by atomic mass is 9.70. The second-order valence-electron chi connectivity index (χ2n) is 6.87. The highest BCUT2D eigenvalue weighted by molar-refractivity contribution is 6.52. The van der Waals surface area contributed by atoms with Crippen molar-refractivity contribution in [3.63, 3.8) is 0 Å². The first-order valence-corrected chi connectivity index (χ1v) is 9.27. The maximum Gasteiger partial charge on any atom is 0.148 e. The molecular formula is C26H21BF. The Bertz CT molecular complexity index is 1130. The summed E-state index contributed by atoms with van der Waals surface area (Å²) in [5.74, 6) is 11.8. The number of rotatable bonds is 1. The van der Waals surface area contributed by atoms with Crippen LogP contribution in [0.5, 0.6) is 0 Å². The summed E-state index contributed by atoms with van der Waals surface area (Å²) in [6.45, 7) is 8.14. The van der Waals surface area contributed by atoms with Gasteiger partial charge in [0, 0.05) is 16.7 Å². The second kappa shape index (κ2) is 8.64. The molecule has 0 aliphatic carbocycles. The van der Waals surface area contributed by atoms with E-state index in [1.165, 1.54) is 22.7 Å². The van der Waals surface area contributed by atoms with Crippen molar-refractivity contribution >= 4 is 12.7 Å². The smallest absolute Gasteiger partial charge is 0.148 e. The number of halogens is 1. The third-order valence-corrected chi connectivity index (χ3v) is 4.63. The number of hydrogen-bond acceptors (Lipinski definition) is 0. The van der Waals surface area contributed by atoms with E-state index in [-0.39, 0.29) is 5.82 Å². The van der Waals surface area contributed by atoms with Gasteiger partial charge in [-0.1, -0.05) is 65.3 Å². The zero-order chi connectivity index (χ0) is 20.1. The van der Waals surface area contributed by atoms with Gasteiger partial charge in [-0.05, 0) is 62.7 Å². The molecule has 0 saturated carbocycles. The van der Waals surface area contributed by atoms with Crippen molar-refractivity contribution in [2.24, 2.45) is 0 Å². The molecule has 0 amide bonds. The number of hydrogen-bond donors (Lipinski definition) is 0. The van der Waals surface area contributed by atoms with Gasteiger partial charge in [0.05, 0.1) is 5.56 Å². The Morgan fingerprint density at radius 2 is 1.32 bits per heavy atom. The van der Waals surface area contributed by atoms with Crippen LogP contribution in [0.1, 0.15) is 38.9 Å². The lowest BCUT2D eigenvalue weighted by molar-refractivity contribution is 0.624. The van der Waals surface area contributed by atoms with Gasteiger partial charge in [-0.3, -0.25) is 0 Å². The van der Waals surface area contributed by atoms with E-state index in [9.17, 15) is 4.39 Å². The zero-order valence-electron chi connectivity index (χ0n) is 16.7. The summed E-state index contributed by atoms with van der Waals surface area (Å²) in [5.41, 5.74) is 7.49. The minimum Gasteiger partial charge on any atom is -0.206 e. The Morgan fingerprint density at radius 1 is 0.679 bits per heavy atom. The summed E-state index contributed by atoms with van der Waals surface area (Å²) in [5, 5.41) is 0. The van der Waals surface area contributed by atoms with Crippen molar-refractivity contribution in [1.82, 2.24) is 0 Å². The van der Waals surface area contributed by atoms with Crippen molar-refractivity contribution in [1.29, 1.82) is 0 Å². The lowest BCUT2D eigenvalue weighted by Gasteiger charge is -2.06. The molecule has 3 aromatic rings. The summed E-state index contributed by atoms with van der Waals surface area (Å²) in [6.07, 6.45) is 0. The predicted octanol–water partition coefficient (Wildman–Crippen LogP) is 4.93.